The second-order valence-electron chi connectivity index (χ2n) is 20.7. The van der Waals surface area contributed by atoms with Gasteiger partial charge in [-0.1, -0.05) is 76.5 Å². The van der Waals surface area contributed by atoms with E-state index >= 15 is 0 Å². The highest BCUT2D eigenvalue weighted by molar-refractivity contribution is 6.00. The molecule has 2 fully saturated rings. The van der Waals surface area contributed by atoms with Gasteiger partial charge in [0.1, 0.15) is 29.5 Å². The summed E-state index contributed by atoms with van der Waals surface area (Å²) in [5.74, 6) is 0.562. The molecule has 4 N–H and O–H groups in total. The summed E-state index contributed by atoms with van der Waals surface area (Å²) in [5, 5.41) is 43.1. The lowest BCUT2D eigenvalue weighted by atomic mass is 9.43. The predicted octanol–water partition coefficient (Wildman–Crippen LogP) is 10.6. The lowest BCUT2D eigenvalue weighted by molar-refractivity contribution is -0.155. The molecule has 2 saturated carbocycles. The van der Waals surface area contributed by atoms with E-state index < -0.39 is 23.1 Å². The van der Waals surface area contributed by atoms with E-state index in [1.54, 1.807) is 6.08 Å². The summed E-state index contributed by atoms with van der Waals surface area (Å²) in [6.07, 6.45) is 14.6. The standard InChI is InChI=1S/C51H74O8/c1-32(2)13-11-14-33(3)15-12-16-35(18-19-36-29-37(52)20-21-40(36)53)46(57)59-31-51(10,58)44(56)22-17-34(4)38-23-28-50(9)45-39(24-27-49(38,50)8)48(7)26-25-43(55)47(5,6)42(48)30-41(45)54/h13,15,18,20-21,29,34,38,42,44,52-53,56,58H,11-12,14,16-17,19,22-28,30-31H2,1-10H3. The summed E-state index contributed by atoms with van der Waals surface area (Å²) in [6, 6.07) is 4.28. The van der Waals surface area contributed by atoms with Gasteiger partial charge in [-0.25, -0.2) is 4.79 Å². The first-order valence-electron chi connectivity index (χ1n) is 22.3. The topological polar surface area (TPSA) is 141 Å². The number of Topliss-reactive ketones (excluding diaryl/α,β-unsaturated/α-hetero) is 2. The number of benzene rings is 1. The first-order chi connectivity index (χ1) is 27.5. The average Bonchev–Trinajstić information content (AvgIpc) is 3.45. The number of hydrogen-bond donors (Lipinski definition) is 4. The molecule has 8 atom stereocenters. The number of carbonyl (C=O) groups excluding carboxylic acids is 3. The third-order valence-electron chi connectivity index (χ3n) is 16.1. The van der Waals surface area contributed by atoms with Gasteiger partial charge in [0.15, 0.2) is 5.78 Å². The van der Waals surface area contributed by atoms with Crippen molar-refractivity contribution >= 4 is 17.5 Å². The Kier molecular flexibility index (Phi) is 14.1. The first-order valence-corrected chi connectivity index (χ1v) is 22.3. The fourth-order valence-corrected chi connectivity index (χ4v) is 11.9. The van der Waals surface area contributed by atoms with Crippen LogP contribution in [0.15, 0.2) is 64.3 Å². The molecule has 0 aliphatic heterocycles. The number of allylic oxidation sites excluding steroid dienone is 7. The second-order valence-corrected chi connectivity index (χ2v) is 20.7. The maximum absolute atomic E-state index is 14.2. The number of rotatable bonds is 16. The SMILES string of the molecule is CC(C)=CCCC(C)=CCCC(=CCc1cc(O)ccc1O)C(=O)OCC(C)(O)C(O)CCC(C)C1CCC2(C)C3=C(CCC12C)C1(C)CCC(=O)C(C)(C)C1CC3=O. The Balaban J connectivity index is 1.22. The molecule has 0 heterocycles. The van der Waals surface area contributed by atoms with Gasteiger partial charge in [-0.2, -0.15) is 0 Å². The Morgan fingerprint density at radius 1 is 0.949 bits per heavy atom. The van der Waals surface area contributed by atoms with Crippen LogP contribution >= 0.6 is 0 Å². The van der Waals surface area contributed by atoms with Gasteiger partial charge in [0.25, 0.3) is 0 Å². The van der Waals surface area contributed by atoms with E-state index in [1.165, 1.54) is 41.8 Å². The van der Waals surface area contributed by atoms with Crippen molar-refractivity contribution in [3.8, 4) is 11.5 Å². The molecule has 1 aromatic carbocycles. The number of carbonyl (C=O) groups is 3. The normalized spacial score (nSPS) is 30.2. The Morgan fingerprint density at radius 2 is 1.64 bits per heavy atom. The van der Waals surface area contributed by atoms with E-state index in [0.29, 0.717) is 55.6 Å². The molecule has 8 nitrogen and oxygen atoms in total. The number of aromatic hydroxyl groups is 2. The third kappa shape index (κ3) is 9.39. The van der Waals surface area contributed by atoms with E-state index in [-0.39, 0.29) is 64.2 Å². The lowest BCUT2D eigenvalue weighted by Gasteiger charge is -2.60. The summed E-state index contributed by atoms with van der Waals surface area (Å²) in [4.78, 5) is 40.8. The Morgan fingerprint density at radius 3 is 2.34 bits per heavy atom. The van der Waals surface area contributed by atoms with Gasteiger partial charge in [-0.15, -0.1) is 0 Å². The molecule has 59 heavy (non-hydrogen) atoms. The van der Waals surface area contributed by atoms with E-state index in [0.717, 1.165) is 50.5 Å². The third-order valence-corrected chi connectivity index (χ3v) is 16.1. The molecule has 0 spiro atoms. The number of hydrogen-bond acceptors (Lipinski definition) is 8. The van der Waals surface area contributed by atoms with Crippen LogP contribution in [0.25, 0.3) is 0 Å². The smallest absolute Gasteiger partial charge is 0.333 e. The van der Waals surface area contributed by atoms with Crippen LogP contribution in [0.5, 0.6) is 11.5 Å². The number of fused-ring (bicyclic) bond motifs is 4. The van der Waals surface area contributed by atoms with Crippen molar-refractivity contribution in [3.05, 3.63) is 69.9 Å². The van der Waals surface area contributed by atoms with Gasteiger partial charge in [0.05, 0.1) is 6.10 Å². The van der Waals surface area contributed by atoms with Crippen LogP contribution in [0.1, 0.15) is 158 Å². The summed E-state index contributed by atoms with van der Waals surface area (Å²) in [5.41, 5.74) is 3.09. The minimum absolute atomic E-state index is 0.0147. The highest BCUT2D eigenvalue weighted by Crippen LogP contribution is 2.71. The van der Waals surface area contributed by atoms with Crippen LogP contribution in [-0.4, -0.2) is 56.3 Å². The molecule has 4 aliphatic carbocycles. The monoisotopic (exact) mass is 815 g/mol. The molecule has 4 aliphatic rings. The highest BCUT2D eigenvalue weighted by atomic mass is 16.5. The van der Waals surface area contributed by atoms with E-state index in [9.17, 15) is 34.8 Å². The molecule has 326 valence electrons. The largest absolute Gasteiger partial charge is 0.508 e. The number of ether oxygens (including phenoxy) is 1. The van der Waals surface area contributed by atoms with Crippen molar-refractivity contribution in [1.82, 2.24) is 0 Å². The van der Waals surface area contributed by atoms with Gasteiger partial charge >= 0.3 is 5.97 Å². The molecular weight excluding hydrogens is 741 g/mol. The Labute approximate surface area is 354 Å². The summed E-state index contributed by atoms with van der Waals surface area (Å²) >= 11 is 0. The minimum atomic E-state index is -1.68. The van der Waals surface area contributed by atoms with Crippen LogP contribution in [0.2, 0.25) is 0 Å². The number of phenolic OH excluding ortho intramolecular Hbond substituents is 2. The molecule has 0 saturated heterocycles. The maximum atomic E-state index is 14.2. The van der Waals surface area contributed by atoms with Crippen LogP contribution < -0.4 is 0 Å². The molecule has 1 aromatic rings. The number of phenols is 2. The lowest BCUT2D eigenvalue weighted by Crippen LogP contribution is -2.56. The average molecular weight is 815 g/mol. The molecule has 8 unspecified atom stereocenters. The Bertz CT molecular complexity index is 1890. The maximum Gasteiger partial charge on any atom is 0.333 e. The van der Waals surface area contributed by atoms with Crippen LogP contribution in [-0.2, 0) is 25.5 Å². The molecule has 5 rings (SSSR count). The first kappa shape index (κ1) is 46.6. The number of ketones is 2. The second kappa shape index (κ2) is 17.8. The van der Waals surface area contributed by atoms with Gasteiger partial charge in [-0.3, -0.25) is 9.59 Å². The van der Waals surface area contributed by atoms with Crippen LogP contribution in [0.3, 0.4) is 0 Å². The molecular formula is C51H74O8. The van der Waals surface area contributed by atoms with E-state index in [2.05, 4.69) is 60.6 Å². The summed E-state index contributed by atoms with van der Waals surface area (Å²) in [7, 11) is 0. The number of aliphatic hydroxyl groups excluding tert-OH is 1. The fraction of sp³-hybridized carbons (Fsp3) is 0.667. The van der Waals surface area contributed by atoms with Crippen molar-refractivity contribution in [3.63, 3.8) is 0 Å². The van der Waals surface area contributed by atoms with E-state index in [1.807, 2.05) is 13.8 Å². The Hall–Kier alpha value is -3.49. The molecule has 0 amide bonds. The molecule has 0 bridgehead atoms. The van der Waals surface area contributed by atoms with Gasteiger partial charge in [0, 0.05) is 40.4 Å². The van der Waals surface area contributed by atoms with Crippen LogP contribution in [0.4, 0.5) is 0 Å². The predicted molar refractivity (Wildman–Crippen MR) is 234 cm³/mol. The van der Waals surface area contributed by atoms with Crippen molar-refractivity contribution in [2.24, 2.45) is 39.4 Å². The fourth-order valence-electron chi connectivity index (χ4n) is 11.9. The van der Waals surface area contributed by atoms with Crippen molar-refractivity contribution in [2.75, 3.05) is 6.61 Å². The summed E-state index contributed by atoms with van der Waals surface area (Å²) < 4.78 is 5.70. The molecule has 8 heteroatoms. The zero-order valence-corrected chi connectivity index (χ0v) is 37.8. The quantitative estimate of drug-likeness (QED) is 0.0559. The molecule has 0 aromatic heterocycles. The highest BCUT2D eigenvalue weighted by Gasteiger charge is 2.65. The number of esters is 1. The van der Waals surface area contributed by atoms with E-state index in [4.69, 9.17) is 4.74 Å². The zero-order chi connectivity index (χ0) is 43.7. The zero-order valence-electron chi connectivity index (χ0n) is 37.8. The van der Waals surface area contributed by atoms with Crippen molar-refractivity contribution < 1.29 is 39.5 Å². The molecule has 0 radical (unpaired) electrons. The number of aliphatic hydroxyl groups is 2. The van der Waals surface area contributed by atoms with Crippen LogP contribution in [0, 0.1) is 39.4 Å². The van der Waals surface area contributed by atoms with Gasteiger partial charge in [0.2, 0.25) is 0 Å². The van der Waals surface area contributed by atoms with Gasteiger partial charge < -0.3 is 25.2 Å². The van der Waals surface area contributed by atoms with Gasteiger partial charge in [-0.05, 0) is 152 Å². The van der Waals surface area contributed by atoms with Crippen molar-refractivity contribution in [2.45, 2.75) is 171 Å². The minimum Gasteiger partial charge on any atom is -0.508 e. The van der Waals surface area contributed by atoms with Crippen molar-refractivity contribution in [1.29, 1.82) is 0 Å². The summed E-state index contributed by atoms with van der Waals surface area (Å²) in [6.45, 7) is 20.7.